The van der Waals surface area contributed by atoms with Crippen LogP contribution >= 0.6 is 0 Å². The molecule has 0 atom stereocenters. The largest absolute Gasteiger partial charge is 0.478 e. The number of nitrogens with zero attached hydrogens (tertiary/aromatic N) is 3. The second-order valence-electron chi connectivity index (χ2n) is 4.51. The van der Waals surface area contributed by atoms with Crippen LogP contribution < -0.4 is 5.56 Å². The van der Waals surface area contributed by atoms with Crippen molar-refractivity contribution in [2.45, 2.75) is 25.3 Å². The van der Waals surface area contributed by atoms with Gasteiger partial charge in [-0.25, -0.2) is 4.79 Å². The van der Waals surface area contributed by atoms with Gasteiger partial charge >= 0.3 is 5.97 Å². The van der Waals surface area contributed by atoms with E-state index in [0.717, 1.165) is 18.9 Å². The monoisotopic (exact) mass is 261 g/mol. The number of aromatic carboxylic acids is 1. The van der Waals surface area contributed by atoms with Gasteiger partial charge in [0.25, 0.3) is 5.56 Å². The van der Waals surface area contributed by atoms with Gasteiger partial charge in [-0.15, -0.1) is 0 Å². The summed E-state index contributed by atoms with van der Waals surface area (Å²) >= 11 is 0. The Morgan fingerprint density at radius 1 is 1.53 bits per heavy atom. The third kappa shape index (κ3) is 2.40. The van der Waals surface area contributed by atoms with Crippen molar-refractivity contribution < 1.29 is 14.4 Å². The molecule has 2 aromatic rings. The highest BCUT2D eigenvalue weighted by Crippen LogP contribution is 2.38. The first kappa shape index (κ1) is 11.6. The summed E-state index contributed by atoms with van der Waals surface area (Å²) in [5.41, 5.74) is -0.448. The number of pyridine rings is 1. The Kier molecular flexibility index (Phi) is 2.66. The molecule has 7 nitrogen and oxygen atoms in total. The van der Waals surface area contributed by atoms with Gasteiger partial charge in [-0.2, -0.15) is 4.98 Å². The molecule has 19 heavy (non-hydrogen) atoms. The predicted octanol–water partition coefficient (Wildman–Crippen LogP) is 0.855. The van der Waals surface area contributed by atoms with Gasteiger partial charge < -0.3 is 14.2 Å². The number of hydrogen-bond donors (Lipinski definition) is 1. The number of aromatic nitrogens is 3. The van der Waals surface area contributed by atoms with E-state index in [9.17, 15) is 9.59 Å². The standard InChI is InChI=1S/C12H11N3O4/c16-10-5-8(12(17)18)3-4-15(10)6-9-13-11(14-19-9)7-1-2-7/h3-5,7H,1-2,6H2,(H,17,18). The number of carboxylic acids is 1. The molecule has 1 aliphatic rings. The minimum absolute atomic E-state index is 0.0366. The van der Waals surface area contributed by atoms with Crippen molar-refractivity contribution >= 4 is 5.97 Å². The second-order valence-corrected chi connectivity index (χ2v) is 4.51. The molecule has 0 saturated heterocycles. The molecule has 1 N–H and O–H groups in total. The van der Waals surface area contributed by atoms with E-state index in [2.05, 4.69) is 10.1 Å². The Hall–Kier alpha value is -2.44. The Morgan fingerprint density at radius 3 is 2.95 bits per heavy atom. The van der Waals surface area contributed by atoms with Gasteiger partial charge in [0.1, 0.15) is 6.54 Å². The van der Waals surface area contributed by atoms with Crippen molar-refractivity contribution in [3.63, 3.8) is 0 Å². The summed E-state index contributed by atoms with van der Waals surface area (Å²) in [5.74, 6) is 0.305. The molecule has 0 unspecified atom stereocenters. The second kappa shape index (κ2) is 4.34. The van der Waals surface area contributed by atoms with Crippen LogP contribution in [0.2, 0.25) is 0 Å². The van der Waals surface area contributed by atoms with Gasteiger partial charge in [0.05, 0.1) is 5.56 Å². The van der Waals surface area contributed by atoms with E-state index in [1.54, 1.807) is 0 Å². The number of carboxylic acid groups (broad SMARTS) is 1. The van der Waals surface area contributed by atoms with Crippen molar-refractivity contribution in [1.29, 1.82) is 0 Å². The molecule has 0 aromatic carbocycles. The van der Waals surface area contributed by atoms with Gasteiger partial charge in [-0.1, -0.05) is 5.16 Å². The van der Waals surface area contributed by atoms with E-state index in [1.807, 2.05) is 0 Å². The molecule has 0 aliphatic heterocycles. The maximum Gasteiger partial charge on any atom is 0.335 e. The normalized spacial score (nSPS) is 14.5. The SMILES string of the molecule is O=C(O)c1ccn(Cc2nc(C3CC3)no2)c(=O)c1. The molecule has 1 saturated carbocycles. The van der Waals surface area contributed by atoms with E-state index in [1.165, 1.54) is 16.8 Å². The van der Waals surface area contributed by atoms with Crippen LogP contribution in [-0.2, 0) is 6.54 Å². The third-order valence-corrected chi connectivity index (χ3v) is 2.97. The Labute approximate surface area is 107 Å². The molecule has 0 spiro atoms. The lowest BCUT2D eigenvalue weighted by molar-refractivity contribution is 0.0696. The van der Waals surface area contributed by atoms with Crippen molar-refractivity contribution in [2.24, 2.45) is 0 Å². The van der Waals surface area contributed by atoms with Gasteiger partial charge in [0.15, 0.2) is 5.82 Å². The minimum Gasteiger partial charge on any atom is -0.478 e. The predicted molar refractivity (Wildman–Crippen MR) is 63.0 cm³/mol. The summed E-state index contributed by atoms with van der Waals surface area (Å²) in [5, 5.41) is 12.6. The van der Waals surface area contributed by atoms with Crippen LogP contribution in [0.5, 0.6) is 0 Å². The van der Waals surface area contributed by atoms with Crippen LogP contribution in [0.3, 0.4) is 0 Å². The van der Waals surface area contributed by atoms with Crippen LogP contribution in [0.15, 0.2) is 27.6 Å². The lowest BCUT2D eigenvalue weighted by Gasteiger charge is -2.01. The number of hydrogen-bond acceptors (Lipinski definition) is 5. The van der Waals surface area contributed by atoms with Crippen molar-refractivity contribution in [3.8, 4) is 0 Å². The molecule has 2 heterocycles. The van der Waals surface area contributed by atoms with Crippen molar-refractivity contribution in [3.05, 3.63) is 46.0 Å². The molecule has 0 amide bonds. The van der Waals surface area contributed by atoms with E-state index < -0.39 is 11.5 Å². The molecule has 2 aromatic heterocycles. The van der Waals surface area contributed by atoms with Gasteiger partial charge in [0.2, 0.25) is 5.89 Å². The lowest BCUT2D eigenvalue weighted by atomic mass is 10.3. The number of rotatable bonds is 4. The highest BCUT2D eigenvalue weighted by molar-refractivity contribution is 5.87. The van der Waals surface area contributed by atoms with Crippen LogP contribution in [0.1, 0.15) is 40.8 Å². The lowest BCUT2D eigenvalue weighted by Crippen LogP contribution is -2.21. The summed E-state index contributed by atoms with van der Waals surface area (Å²) in [7, 11) is 0. The molecular weight excluding hydrogens is 250 g/mol. The third-order valence-electron chi connectivity index (χ3n) is 2.97. The van der Waals surface area contributed by atoms with Crippen LogP contribution in [0.25, 0.3) is 0 Å². The first-order valence-corrected chi connectivity index (χ1v) is 5.90. The van der Waals surface area contributed by atoms with E-state index in [4.69, 9.17) is 9.63 Å². The summed E-state index contributed by atoms with van der Waals surface area (Å²) in [6.07, 6.45) is 3.56. The zero-order chi connectivity index (χ0) is 13.4. The maximum atomic E-state index is 11.7. The molecule has 98 valence electrons. The summed E-state index contributed by atoms with van der Waals surface area (Å²) in [6, 6.07) is 2.43. The van der Waals surface area contributed by atoms with Crippen LogP contribution in [0, 0.1) is 0 Å². The molecule has 3 rings (SSSR count). The molecule has 0 radical (unpaired) electrons. The first-order chi connectivity index (χ1) is 9.13. The maximum absolute atomic E-state index is 11.7. The van der Waals surface area contributed by atoms with Gasteiger partial charge in [0, 0.05) is 18.2 Å². The summed E-state index contributed by atoms with van der Waals surface area (Å²) in [4.78, 5) is 26.6. The average Bonchev–Trinajstić information content (AvgIpc) is 3.12. The van der Waals surface area contributed by atoms with E-state index in [-0.39, 0.29) is 12.1 Å². The smallest absolute Gasteiger partial charge is 0.335 e. The highest BCUT2D eigenvalue weighted by atomic mass is 16.5. The van der Waals surface area contributed by atoms with Crippen LogP contribution in [0.4, 0.5) is 0 Å². The fraction of sp³-hybridized carbons (Fsp3) is 0.333. The zero-order valence-corrected chi connectivity index (χ0v) is 9.94. The minimum atomic E-state index is -1.13. The molecule has 1 fully saturated rings. The first-order valence-electron chi connectivity index (χ1n) is 5.90. The molecular formula is C12H11N3O4. The van der Waals surface area contributed by atoms with Crippen LogP contribution in [-0.4, -0.2) is 25.8 Å². The number of carbonyl (C=O) groups is 1. The zero-order valence-electron chi connectivity index (χ0n) is 9.94. The molecule has 0 bridgehead atoms. The quantitative estimate of drug-likeness (QED) is 0.876. The molecule has 1 aliphatic carbocycles. The summed E-state index contributed by atoms with van der Waals surface area (Å²) in [6.45, 7) is 0.151. The van der Waals surface area contributed by atoms with Gasteiger partial charge in [-0.3, -0.25) is 4.79 Å². The Balaban J connectivity index is 1.82. The Bertz CT molecular complexity index is 684. The van der Waals surface area contributed by atoms with Crippen molar-refractivity contribution in [1.82, 2.24) is 14.7 Å². The fourth-order valence-corrected chi connectivity index (χ4v) is 1.76. The van der Waals surface area contributed by atoms with Gasteiger partial charge in [-0.05, 0) is 18.9 Å². The summed E-state index contributed by atoms with van der Waals surface area (Å²) < 4.78 is 6.40. The van der Waals surface area contributed by atoms with E-state index >= 15 is 0 Å². The topological polar surface area (TPSA) is 98.2 Å². The fourth-order valence-electron chi connectivity index (χ4n) is 1.76. The highest BCUT2D eigenvalue weighted by Gasteiger charge is 2.28. The molecule has 7 heteroatoms. The average molecular weight is 261 g/mol. The Morgan fingerprint density at radius 2 is 2.32 bits per heavy atom. The van der Waals surface area contributed by atoms with Crippen molar-refractivity contribution in [2.75, 3.05) is 0 Å². The van der Waals surface area contributed by atoms with E-state index in [0.29, 0.717) is 17.6 Å².